The number of fused-ring (bicyclic) bond motifs is 1. The first kappa shape index (κ1) is 16.5. The Morgan fingerprint density at radius 2 is 2.09 bits per heavy atom. The van der Waals surface area contributed by atoms with Crippen molar-refractivity contribution in [3.8, 4) is 5.75 Å². The summed E-state index contributed by atoms with van der Waals surface area (Å²) >= 11 is 1.61. The normalized spacial score (nSPS) is 29.1. The number of ether oxygens (including phenoxy) is 1. The molecule has 2 aliphatic carbocycles. The van der Waals surface area contributed by atoms with Gasteiger partial charge in [0.15, 0.2) is 0 Å². The molecular formula is C16H20ClN3O2S. The number of thiazole rings is 1. The Morgan fingerprint density at radius 3 is 2.83 bits per heavy atom. The molecule has 3 N–H and O–H groups in total. The molecule has 0 unspecified atom stereocenters. The van der Waals surface area contributed by atoms with Crippen LogP contribution in [0.4, 0.5) is 0 Å². The van der Waals surface area contributed by atoms with Crippen LogP contribution in [0, 0.1) is 5.92 Å². The maximum Gasteiger partial charge on any atom is 0.223 e. The lowest BCUT2D eigenvalue weighted by molar-refractivity contribution is -0.132. The minimum atomic E-state index is 0. The number of hydrogen-bond acceptors (Lipinski definition) is 5. The van der Waals surface area contributed by atoms with Crippen LogP contribution in [0.2, 0.25) is 0 Å². The Balaban J connectivity index is 0.00000156. The number of carbonyl (C=O) groups is 1. The molecule has 23 heavy (non-hydrogen) atoms. The van der Waals surface area contributed by atoms with Crippen molar-refractivity contribution in [2.75, 3.05) is 0 Å². The van der Waals surface area contributed by atoms with E-state index in [2.05, 4.69) is 10.3 Å². The third-order valence-corrected chi connectivity index (χ3v) is 5.40. The summed E-state index contributed by atoms with van der Waals surface area (Å²) in [4.78, 5) is 16.4. The second-order valence-electron chi connectivity index (χ2n) is 6.30. The summed E-state index contributed by atoms with van der Waals surface area (Å²) in [5.41, 5.74) is 8.49. The fraction of sp³-hybridized carbons (Fsp3) is 0.500. The van der Waals surface area contributed by atoms with Gasteiger partial charge in [-0.05, 0) is 37.8 Å². The predicted molar refractivity (Wildman–Crippen MR) is 93.1 cm³/mol. The van der Waals surface area contributed by atoms with E-state index in [4.69, 9.17) is 10.5 Å². The van der Waals surface area contributed by atoms with Gasteiger partial charge in [0.1, 0.15) is 17.4 Å². The average Bonchev–Trinajstić information content (AvgIpc) is 2.89. The summed E-state index contributed by atoms with van der Waals surface area (Å²) in [6.07, 6.45) is 3.50. The molecule has 5 nitrogen and oxygen atoms in total. The fourth-order valence-electron chi connectivity index (χ4n) is 3.11. The number of amides is 1. The zero-order valence-electron chi connectivity index (χ0n) is 12.6. The molecule has 1 aromatic carbocycles. The van der Waals surface area contributed by atoms with Crippen LogP contribution in [-0.2, 0) is 4.79 Å². The first-order chi connectivity index (χ1) is 10.7. The predicted octanol–water partition coefficient (Wildman–Crippen LogP) is 2.48. The Morgan fingerprint density at radius 1 is 1.30 bits per heavy atom. The van der Waals surface area contributed by atoms with Gasteiger partial charge in [0.25, 0.3) is 0 Å². The lowest BCUT2D eigenvalue weighted by Crippen LogP contribution is -2.53. The summed E-state index contributed by atoms with van der Waals surface area (Å²) in [7, 11) is 0. The quantitative estimate of drug-likeness (QED) is 0.885. The van der Waals surface area contributed by atoms with E-state index in [1.54, 1.807) is 11.3 Å². The number of nitrogens with two attached hydrogens (primary N) is 1. The van der Waals surface area contributed by atoms with Crippen molar-refractivity contribution in [1.29, 1.82) is 0 Å². The number of nitrogens with zero attached hydrogens (tertiary/aromatic N) is 1. The van der Waals surface area contributed by atoms with Crippen molar-refractivity contribution in [2.45, 2.75) is 43.9 Å². The van der Waals surface area contributed by atoms with Crippen LogP contribution in [0.1, 0.15) is 25.7 Å². The standard InChI is InChI=1S/C16H19N3O2S.ClH/c17-10-6-11(7-10)19-16(20)9-4-12(5-9)21-13-2-1-3-14-15(13)18-8-22-14;/h1-3,8-12H,4-7,17H2,(H,19,20);1H/t9-,10-,11-,12-;. The highest BCUT2D eigenvalue weighted by atomic mass is 35.5. The van der Waals surface area contributed by atoms with E-state index in [0.29, 0.717) is 0 Å². The molecule has 0 bridgehead atoms. The number of halogens is 1. The second kappa shape index (κ2) is 6.63. The Labute approximate surface area is 145 Å². The lowest BCUT2D eigenvalue weighted by atomic mass is 9.80. The van der Waals surface area contributed by atoms with Crippen molar-refractivity contribution < 1.29 is 9.53 Å². The van der Waals surface area contributed by atoms with Gasteiger partial charge in [0.05, 0.1) is 10.2 Å². The fourth-order valence-corrected chi connectivity index (χ4v) is 3.80. The first-order valence-corrected chi connectivity index (χ1v) is 8.62. The van der Waals surface area contributed by atoms with E-state index in [1.165, 1.54) is 0 Å². The van der Waals surface area contributed by atoms with E-state index in [-0.39, 0.29) is 42.4 Å². The number of para-hydroxylation sites is 1. The number of rotatable bonds is 4. The summed E-state index contributed by atoms with van der Waals surface area (Å²) in [5.74, 6) is 1.06. The summed E-state index contributed by atoms with van der Waals surface area (Å²) < 4.78 is 7.14. The molecule has 2 aromatic rings. The van der Waals surface area contributed by atoms with E-state index in [1.807, 2.05) is 23.7 Å². The highest BCUT2D eigenvalue weighted by Gasteiger charge is 2.38. The van der Waals surface area contributed by atoms with Gasteiger partial charge in [-0.25, -0.2) is 4.98 Å². The molecular weight excluding hydrogens is 334 g/mol. The van der Waals surface area contributed by atoms with E-state index < -0.39 is 0 Å². The van der Waals surface area contributed by atoms with Crippen LogP contribution in [0.15, 0.2) is 23.7 Å². The molecule has 0 radical (unpaired) electrons. The molecule has 124 valence electrons. The molecule has 0 spiro atoms. The van der Waals surface area contributed by atoms with Crippen molar-refractivity contribution in [3.05, 3.63) is 23.7 Å². The van der Waals surface area contributed by atoms with E-state index >= 15 is 0 Å². The number of nitrogens with one attached hydrogen (secondary N) is 1. The number of benzene rings is 1. The summed E-state index contributed by atoms with van der Waals surface area (Å²) in [6.45, 7) is 0. The van der Waals surface area contributed by atoms with Crippen LogP contribution in [0.5, 0.6) is 5.75 Å². The van der Waals surface area contributed by atoms with Crippen LogP contribution >= 0.6 is 23.7 Å². The minimum absolute atomic E-state index is 0. The molecule has 2 fully saturated rings. The smallest absolute Gasteiger partial charge is 0.223 e. The second-order valence-corrected chi connectivity index (χ2v) is 7.19. The SMILES string of the molecule is Cl.N[C@H]1C[C@H](NC(=O)[C@H]2C[C@H](Oc3cccc4scnc34)C2)C1. The van der Waals surface area contributed by atoms with Crippen molar-refractivity contribution in [1.82, 2.24) is 10.3 Å². The molecule has 1 heterocycles. The lowest BCUT2D eigenvalue weighted by Gasteiger charge is -2.38. The van der Waals surface area contributed by atoms with Crippen LogP contribution in [0.3, 0.4) is 0 Å². The van der Waals surface area contributed by atoms with E-state index in [9.17, 15) is 4.79 Å². The van der Waals surface area contributed by atoms with Gasteiger partial charge < -0.3 is 15.8 Å². The molecule has 0 saturated heterocycles. The zero-order chi connectivity index (χ0) is 15.1. The van der Waals surface area contributed by atoms with Gasteiger partial charge in [-0.3, -0.25) is 4.79 Å². The van der Waals surface area contributed by atoms with Gasteiger partial charge in [-0.1, -0.05) is 6.07 Å². The zero-order valence-corrected chi connectivity index (χ0v) is 14.2. The largest absolute Gasteiger partial charge is 0.488 e. The maximum atomic E-state index is 12.1. The van der Waals surface area contributed by atoms with Gasteiger partial charge in [-0.15, -0.1) is 23.7 Å². The molecule has 0 aliphatic heterocycles. The van der Waals surface area contributed by atoms with Gasteiger partial charge in [-0.2, -0.15) is 0 Å². The Kier molecular flexibility index (Phi) is 4.75. The third-order valence-electron chi connectivity index (χ3n) is 4.60. The third kappa shape index (κ3) is 3.29. The molecule has 4 rings (SSSR count). The van der Waals surface area contributed by atoms with Gasteiger partial charge in [0, 0.05) is 18.0 Å². The Hall–Kier alpha value is -1.37. The average molecular weight is 354 g/mol. The maximum absolute atomic E-state index is 12.1. The van der Waals surface area contributed by atoms with Crippen LogP contribution < -0.4 is 15.8 Å². The van der Waals surface area contributed by atoms with Crippen LogP contribution in [0.25, 0.3) is 10.2 Å². The molecule has 1 aromatic heterocycles. The number of carbonyl (C=O) groups excluding carboxylic acids is 1. The van der Waals surface area contributed by atoms with Gasteiger partial charge in [0.2, 0.25) is 5.91 Å². The number of aromatic nitrogens is 1. The highest BCUT2D eigenvalue weighted by Crippen LogP contribution is 2.35. The monoisotopic (exact) mass is 353 g/mol. The molecule has 2 saturated carbocycles. The van der Waals surface area contributed by atoms with Crippen molar-refractivity contribution in [2.24, 2.45) is 11.7 Å². The summed E-state index contributed by atoms with van der Waals surface area (Å²) in [5, 5.41) is 3.07. The number of hydrogen-bond donors (Lipinski definition) is 2. The topological polar surface area (TPSA) is 77.2 Å². The molecule has 1 amide bonds. The van der Waals surface area contributed by atoms with Crippen molar-refractivity contribution >= 4 is 39.9 Å². The minimum Gasteiger partial charge on any atom is -0.488 e. The van der Waals surface area contributed by atoms with Crippen molar-refractivity contribution in [3.63, 3.8) is 0 Å². The van der Waals surface area contributed by atoms with E-state index in [0.717, 1.165) is 41.6 Å². The molecule has 2 aliphatic rings. The molecule has 7 heteroatoms. The van der Waals surface area contributed by atoms with Gasteiger partial charge >= 0.3 is 0 Å². The molecule has 0 atom stereocenters. The first-order valence-electron chi connectivity index (χ1n) is 7.74. The highest BCUT2D eigenvalue weighted by molar-refractivity contribution is 7.16. The Bertz CT molecular complexity index is 695. The summed E-state index contributed by atoms with van der Waals surface area (Å²) in [6, 6.07) is 6.52. The van der Waals surface area contributed by atoms with Crippen LogP contribution in [-0.4, -0.2) is 29.1 Å².